The highest BCUT2D eigenvalue weighted by Gasteiger charge is 2.23. The number of nitrogens with one attached hydrogen (secondary N) is 1. The first-order chi connectivity index (χ1) is 11.0. The summed E-state index contributed by atoms with van der Waals surface area (Å²) in [7, 11) is 4.19. The lowest BCUT2D eigenvalue weighted by Gasteiger charge is -2.17. The SMILES string of the molecule is COC(=O)[C@H](CCSC)NC(=O)c1cc(Cl)c(OC)c(OC)c1. The number of methoxy groups -OCH3 is 3. The molecule has 0 bridgehead atoms. The Morgan fingerprint density at radius 2 is 1.96 bits per heavy atom. The zero-order valence-electron chi connectivity index (χ0n) is 13.5. The summed E-state index contributed by atoms with van der Waals surface area (Å²) in [4.78, 5) is 24.1. The molecule has 0 heterocycles. The Morgan fingerprint density at radius 1 is 1.26 bits per heavy atom. The van der Waals surface area contributed by atoms with E-state index in [0.717, 1.165) is 0 Å². The molecule has 0 aromatic heterocycles. The summed E-state index contributed by atoms with van der Waals surface area (Å²) >= 11 is 7.67. The lowest BCUT2D eigenvalue weighted by atomic mass is 10.1. The Kier molecular flexibility index (Phi) is 8.05. The summed E-state index contributed by atoms with van der Waals surface area (Å²) < 4.78 is 15.0. The summed E-state index contributed by atoms with van der Waals surface area (Å²) in [5, 5.41) is 2.90. The largest absolute Gasteiger partial charge is 0.493 e. The maximum Gasteiger partial charge on any atom is 0.328 e. The molecular formula is C15H20ClNO5S. The fraction of sp³-hybridized carbons (Fsp3) is 0.467. The number of carbonyl (C=O) groups excluding carboxylic acids is 2. The predicted octanol–water partition coefficient (Wildman–Crippen LogP) is 2.38. The summed E-state index contributed by atoms with van der Waals surface area (Å²) in [6.07, 6.45) is 2.39. The topological polar surface area (TPSA) is 73.9 Å². The van der Waals surface area contributed by atoms with Gasteiger partial charge >= 0.3 is 5.97 Å². The van der Waals surface area contributed by atoms with Gasteiger partial charge in [-0.15, -0.1) is 0 Å². The predicted molar refractivity (Wildman–Crippen MR) is 90.8 cm³/mol. The van der Waals surface area contributed by atoms with E-state index in [0.29, 0.717) is 23.7 Å². The molecule has 23 heavy (non-hydrogen) atoms. The number of halogens is 1. The standard InChI is InChI=1S/C15H20ClNO5S/c1-20-12-8-9(7-10(16)13(12)21-2)14(18)17-11(5-6-23-4)15(19)22-3/h7-8,11H,5-6H2,1-4H3,(H,17,18)/t11-/m0/s1. The number of esters is 1. The van der Waals surface area contributed by atoms with Crippen LogP contribution in [0.4, 0.5) is 0 Å². The minimum Gasteiger partial charge on any atom is -0.493 e. The minimum atomic E-state index is -0.716. The zero-order valence-corrected chi connectivity index (χ0v) is 15.0. The summed E-state index contributed by atoms with van der Waals surface area (Å²) in [6, 6.07) is 2.25. The van der Waals surface area contributed by atoms with E-state index in [9.17, 15) is 9.59 Å². The molecule has 1 amide bonds. The average molecular weight is 362 g/mol. The molecule has 8 heteroatoms. The first kappa shape index (κ1) is 19.4. The molecule has 128 valence electrons. The maximum absolute atomic E-state index is 12.4. The molecule has 1 atom stereocenters. The van der Waals surface area contributed by atoms with Gasteiger partial charge in [0.2, 0.25) is 0 Å². The summed E-state index contributed by atoms with van der Waals surface area (Å²) in [5.74, 6) is 0.469. The smallest absolute Gasteiger partial charge is 0.328 e. The molecule has 0 aliphatic carbocycles. The molecule has 0 saturated carbocycles. The van der Waals surface area contributed by atoms with Gasteiger partial charge in [0.25, 0.3) is 5.91 Å². The van der Waals surface area contributed by atoms with Crippen LogP contribution in [0.25, 0.3) is 0 Å². The molecule has 1 aromatic rings. The van der Waals surface area contributed by atoms with Gasteiger partial charge in [-0.25, -0.2) is 4.79 Å². The van der Waals surface area contributed by atoms with Crippen molar-refractivity contribution in [1.82, 2.24) is 5.32 Å². The quantitative estimate of drug-likeness (QED) is 0.717. The van der Waals surface area contributed by atoms with E-state index in [1.165, 1.54) is 33.5 Å². The molecule has 0 radical (unpaired) electrons. The number of carbonyl (C=O) groups is 2. The Morgan fingerprint density at radius 3 is 2.48 bits per heavy atom. The average Bonchev–Trinajstić information content (AvgIpc) is 2.56. The fourth-order valence-corrected chi connectivity index (χ4v) is 2.68. The number of hydrogen-bond acceptors (Lipinski definition) is 6. The second-order valence-electron chi connectivity index (χ2n) is 4.52. The third-order valence-corrected chi connectivity index (χ3v) is 4.02. The normalized spacial score (nSPS) is 11.5. The molecule has 0 aliphatic heterocycles. The van der Waals surface area contributed by atoms with Crippen LogP contribution in [0.15, 0.2) is 12.1 Å². The Balaban J connectivity index is 2.99. The second-order valence-corrected chi connectivity index (χ2v) is 5.92. The molecule has 0 aliphatic rings. The van der Waals surface area contributed by atoms with Gasteiger partial charge in [-0.05, 0) is 30.6 Å². The Labute approximate surface area is 144 Å². The molecule has 1 rings (SSSR count). The van der Waals surface area contributed by atoms with Crippen LogP contribution in [0.2, 0.25) is 5.02 Å². The van der Waals surface area contributed by atoms with Crippen molar-refractivity contribution in [3.63, 3.8) is 0 Å². The van der Waals surface area contributed by atoms with Gasteiger partial charge in [0.05, 0.1) is 26.4 Å². The van der Waals surface area contributed by atoms with Crippen molar-refractivity contribution in [2.75, 3.05) is 33.3 Å². The van der Waals surface area contributed by atoms with Crippen LogP contribution >= 0.6 is 23.4 Å². The zero-order chi connectivity index (χ0) is 17.4. The van der Waals surface area contributed by atoms with E-state index in [2.05, 4.69) is 5.32 Å². The van der Waals surface area contributed by atoms with E-state index in [4.69, 9.17) is 25.8 Å². The van der Waals surface area contributed by atoms with Gasteiger partial charge < -0.3 is 19.5 Å². The molecule has 0 unspecified atom stereocenters. The molecule has 1 aromatic carbocycles. The molecular weight excluding hydrogens is 342 g/mol. The van der Waals surface area contributed by atoms with Crippen molar-refractivity contribution in [3.05, 3.63) is 22.7 Å². The van der Waals surface area contributed by atoms with Crippen LogP contribution in [0.1, 0.15) is 16.8 Å². The van der Waals surface area contributed by atoms with Crippen LogP contribution in [0, 0.1) is 0 Å². The van der Waals surface area contributed by atoms with Crippen molar-refractivity contribution in [3.8, 4) is 11.5 Å². The number of amides is 1. The first-order valence-electron chi connectivity index (χ1n) is 6.77. The highest BCUT2D eigenvalue weighted by molar-refractivity contribution is 7.98. The number of ether oxygens (including phenoxy) is 3. The van der Waals surface area contributed by atoms with Crippen LogP contribution < -0.4 is 14.8 Å². The van der Waals surface area contributed by atoms with E-state index in [1.807, 2.05) is 6.26 Å². The van der Waals surface area contributed by atoms with Crippen molar-refractivity contribution in [2.45, 2.75) is 12.5 Å². The van der Waals surface area contributed by atoms with Gasteiger partial charge in [-0.1, -0.05) is 11.6 Å². The van der Waals surface area contributed by atoms with Crippen LogP contribution in [-0.2, 0) is 9.53 Å². The number of rotatable bonds is 8. The third-order valence-electron chi connectivity index (χ3n) is 3.10. The number of benzene rings is 1. The number of hydrogen-bond donors (Lipinski definition) is 1. The molecule has 1 N–H and O–H groups in total. The number of thioether (sulfide) groups is 1. The molecule has 0 spiro atoms. The van der Waals surface area contributed by atoms with Crippen LogP contribution in [-0.4, -0.2) is 51.3 Å². The Bertz CT molecular complexity index is 567. The van der Waals surface area contributed by atoms with E-state index < -0.39 is 17.9 Å². The third kappa shape index (κ3) is 5.21. The van der Waals surface area contributed by atoms with Gasteiger partial charge in [-0.3, -0.25) is 4.79 Å². The summed E-state index contributed by atoms with van der Waals surface area (Å²) in [5.41, 5.74) is 0.269. The maximum atomic E-state index is 12.4. The van der Waals surface area contributed by atoms with Gasteiger partial charge in [-0.2, -0.15) is 11.8 Å². The lowest BCUT2D eigenvalue weighted by molar-refractivity contribution is -0.142. The van der Waals surface area contributed by atoms with Crippen molar-refractivity contribution >= 4 is 35.2 Å². The van der Waals surface area contributed by atoms with Crippen molar-refractivity contribution < 1.29 is 23.8 Å². The summed E-state index contributed by atoms with van der Waals surface area (Å²) in [6.45, 7) is 0. The van der Waals surface area contributed by atoms with Gasteiger partial charge in [0.15, 0.2) is 11.5 Å². The fourth-order valence-electron chi connectivity index (χ4n) is 1.92. The molecule has 0 saturated heterocycles. The van der Waals surface area contributed by atoms with Gasteiger partial charge in [0.1, 0.15) is 6.04 Å². The molecule has 6 nitrogen and oxygen atoms in total. The monoisotopic (exact) mass is 361 g/mol. The van der Waals surface area contributed by atoms with E-state index in [-0.39, 0.29) is 10.6 Å². The van der Waals surface area contributed by atoms with E-state index >= 15 is 0 Å². The Hall–Kier alpha value is -1.60. The van der Waals surface area contributed by atoms with E-state index in [1.54, 1.807) is 11.8 Å². The lowest BCUT2D eigenvalue weighted by Crippen LogP contribution is -2.41. The second kappa shape index (κ2) is 9.52. The van der Waals surface area contributed by atoms with Gasteiger partial charge in [0, 0.05) is 5.56 Å². The van der Waals surface area contributed by atoms with Crippen LogP contribution in [0.3, 0.4) is 0 Å². The minimum absolute atomic E-state index is 0.246. The first-order valence-corrected chi connectivity index (χ1v) is 8.54. The van der Waals surface area contributed by atoms with Crippen molar-refractivity contribution in [1.29, 1.82) is 0 Å². The molecule has 0 fully saturated rings. The highest BCUT2D eigenvalue weighted by atomic mass is 35.5. The van der Waals surface area contributed by atoms with Crippen LogP contribution in [0.5, 0.6) is 11.5 Å². The van der Waals surface area contributed by atoms with Crippen molar-refractivity contribution in [2.24, 2.45) is 0 Å². The highest BCUT2D eigenvalue weighted by Crippen LogP contribution is 2.36.